The summed E-state index contributed by atoms with van der Waals surface area (Å²) in [5.74, 6) is -1.10. The Hall–Kier alpha value is -1.59. The molecule has 0 fully saturated rings. The van der Waals surface area contributed by atoms with Crippen LogP contribution in [-0.4, -0.2) is 48.0 Å². The number of amides is 1. The summed E-state index contributed by atoms with van der Waals surface area (Å²) in [7, 11) is 0. The van der Waals surface area contributed by atoms with Gasteiger partial charge >= 0.3 is 11.9 Å². The number of esters is 2. The van der Waals surface area contributed by atoms with Crippen LogP contribution in [0.25, 0.3) is 0 Å². The topological polar surface area (TPSA) is 72.9 Å². The third-order valence-electron chi connectivity index (χ3n) is 6.61. The van der Waals surface area contributed by atoms with Crippen molar-refractivity contribution in [2.75, 3.05) is 19.8 Å². The molecule has 200 valence electrons. The lowest BCUT2D eigenvalue weighted by Gasteiger charge is -2.40. The molecule has 0 bridgehead atoms. The van der Waals surface area contributed by atoms with Crippen LogP contribution in [0.15, 0.2) is 0 Å². The molecule has 6 heteroatoms. The summed E-state index contributed by atoms with van der Waals surface area (Å²) < 4.78 is 10.4. The highest BCUT2D eigenvalue weighted by Gasteiger charge is 2.47. The second-order valence-corrected chi connectivity index (χ2v) is 9.22. The Bertz CT molecular complexity index is 551. The molecular formula is C28H53NO5. The van der Waals surface area contributed by atoms with Crippen LogP contribution in [0.4, 0.5) is 0 Å². The summed E-state index contributed by atoms with van der Waals surface area (Å²) in [5, 5.41) is 0. The van der Waals surface area contributed by atoms with E-state index in [4.69, 9.17) is 9.47 Å². The minimum Gasteiger partial charge on any atom is -0.466 e. The average Bonchev–Trinajstić information content (AvgIpc) is 2.82. The van der Waals surface area contributed by atoms with Gasteiger partial charge in [-0.15, -0.1) is 0 Å². The molecule has 0 rings (SSSR count). The zero-order chi connectivity index (χ0) is 25.7. The van der Waals surface area contributed by atoms with E-state index in [0.717, 1.165) is 19.3 Å². The van der Waals surface area contributed by atoms with Gasteiger partial charge < -0.3 is 14.4 Å². The number of rotatable bonds is 22. The molecule has 0 aliphatic carbocycles. The first-order valence-electron chi connectivity index (χ1n) is 14.1. The number of ether oxygens (including phenoxy) is 2. The SMILES string of the molecule is CCCCCCCCCCCCCCCC(=O)N(CC)[C@@](CC)(CC(=O)OCC)C(=O)OCC. The van der Waals surface area contributed by atoms with Crippen LogP contribution in [-0.2, 0) is 23.9 Å². The number of nitrogens with zero attached hydrogens (tertiary/aromatic N) is 1. The van der Waals surface area contributed by atoms with E-state index < -0.39 is 17.5 Å². The number of carbonyl (C=O) groups excluding carboxylic acids is 3. The van der Waals surface area contributed by atoms with Gasteiger partial charge in [-0.05, 0) is 33.6 Å². The third-order valence-corrected chi connectivity index (χ3v) is 6.61. The van der Waals surface area contributed by atoms with Gasteiger partial charge in [0.25, 0.3) is 0 Å². The van der Waals surface area contributed by atoms with E-state index in [9.17, 15) is 14.4 Å². The average molecular weight is 484 g/mol. The number of carbonyl (C=O) groups is 3. The van der Waals surface area contributed by atoms with Crippen LogP contribution in [0.5, 0.6) is 0 Å². The van der Waals surface area contributed by atoms with Gasteiger partial charge in [0.05, 0.1) is 19.6 Å². The van der Waals surface area contributed by atoms with Gasteiger partial charge in [-0.1, -0.05) is 90.9 Å². The summed E-state index contributed by atoms with van der Waals surface area (Å²) in [6.45, 7) is 10.2. The van der Waals surface area contributed by atoms with Crippen molar-refractivity contribution in [1.29, 1.82) is 0 Å². The molecular weight excluding hydrogens is 430 g/mol. The molecule has 0 spiro atoms. The molecule has 0 unspecified atom stereocenters. The van der Waals surface area contributed by atoms with E-state index in [-0.39, 0.29) is 25.5 Å². The van der Waals surface area contributed by atoms with Gasteiger partial charge in [0.15, 0.2) is 5.54 Å². The molecule has 0 aromatic heterocycles. The number of hydrogen-bond donors (Lipinski definition) is 0. The van der Waals surface area contributed by atoms with Crippen molar-refractivity contribution in [3.8, 4) is 0 Å². The fourth-order valence-corrected chi connectivity index (χ4v) is 4.60. The van der Waals surface area contributed by atoms with Gasteiger partial charge in [-0.2, -0.15) is 0 Å². The molecule has 34 heavy (non-hydrogen) atoms. The minimum atomic E-state index is -1.30. The van der Waals surface area contributed by atoms with Gasteiger partial charge in [0.1, 0.15) is 0 Å². The van der Waals surface area contributed by atoms with E-state index in [1.807, 2.05) is 13.8 Å². The molecule has 0 saturated carbocycles. The van der Waals surface area contributed by atoms with E-state index in [0.29, 0.717) is 19.4 Å². The molecule has 0 heterocycles. The standard InChI is InChI=1S/C28H53NO5/c1-6-11-12-13-14-15-16-17-18-19-20-21-22-23-25(30)29(8-3)28(7-2,27(32)34-10-5)24-26(31)33-9-4/h6-24H2,1-5H3/t28-/m0/s1. The zero-order valence-corrected chi connectivity index (χ0v) is 22.9. The van der Waals surface area contributed by atoms with E-state index >= 15 is 0 Å². The highest BCUT2D eigenvalue weighted by Crippen LogP contribution is 2.28. The summed E-state index contributed by atoms with van der Waals surface area (Å²) in [4.78, 5) is 39.8. The lowest BCUT2D eigenvalue weighted by molar-refractivity contribution is -0.170. The molecule has 0 aliphatic heterocycles. The highest BCUT2D eigenvalue weighted by molar-refractivity contribution is 5.92. The predicted molar refractivity (Wildman–Crippen MR) is 139 cm³/mol. The third kappa shape index (κ3) is 12.8. The van der Waals surface area contributed by atoms with Crippen molar-refractivity contribution in [2.24, 2.45) is 0 Å². The van der Waals surface area contributed by atoms with Crippen molar-refractivity contribution in [3.63, 3.8) is 0 Å². The Balaban J connectivity index is 4.49. The van der Waals surface area contributed by atoms with Gasteiger partial charge in [0.2, 0.25) is 5.91 Å². The van der Waals surface area contributed by atoms with Crippen LogP contribution in [0.1, 0.15) is 137 Å². The van der Waals surface area contributed by atoms with E-state index in [1.165, 1.54) is 64.2 Å². The van der Waals surface area contributed by atoms with Crippen molar-refractivity contribution in [1.82, 2.24) is 4.90 Å². The lowest BCUT2D eigenvalue weighted by Crippen LogP contribution is -2.58. The Morgan fingerprint density at radius 3 is 1.53 bits per heavy atom. The van der Waals surface area contributed by atoms with Crippen molar-refractivity contribution >= 4 is 17.8 Å². The van der Waals surface area contributed by atoms with Crippen molar-refractivity contribution < 1.29 is 23.9 Å². The van der Waals surface area contributed by atoms with Crippen molar-refractivity contribution in [2.45, 2.75) is 143 Å². The quantitative estimate of drug-likeness (QED) is 0.123. The van der Waals surface area contributed by atoms with Crippen LogP contribution >= 0.6 is 0 Å². The first-order valence-corrected chi connectivity index (χ1v) is 14.1. The molecule has 0 N–H and O–H groups in total. The molecule has 0 aromatic rings. The minimum absolute atomic E-state index is 0.0928. The largest absolute Gasteiger partial charge is 0.466 e. The molecule has 0 radical (unpaired) electrons. The first-order chi connectivity index (χ1) is 16.4. The Morgan fingerprint density at radius 1 is 0.647 bits per heavy atom. The molecule has 0 aromatic carbocycles. The summed E-state index contributed by atoms with van der Waals surface area (Å²) >= 11 is 0. The molecule has 6 nitrogen and oxygen atoms in total. The molecule has 0 aliphatic rings. The summed E-state index contributed by atoms with van der Waals surface area (Å²) in [6.07, 6.45) is 16.8. The van der Waals surface area contributed by atoms with Crippen LogP contribution in [0, 0.1) is 0 Å². The molecule has 1 atom stereocenters. The van der Waals surface area contributed by atoms with E-state index in [2.05, 4.69) is 6.92 Å². The fraction of sp³-hybridized carbons (Fsp3) is 0.893. The number of hydrogen-bond acceptors (Lipinski definition) is 5. The Kier molecular flexibility index (Phi) is 19.8. The van der Waals surface area contributed by atoms with Crippen LogP contribution in [0.3, 0.4) is 0 Å². The highest BCUT2D eigenvalue weighted by atomic mass is 16.5. The Labute approximate surface area is 209 Å². The molecule has 0 saturated heterocycles. The smallest absolute Gasteiger partial charge is 0.332 e. The molecule has 1 amide bonds. The number of unbranched alkanes of at least 4 members (excludes halogenated alkanes) is 12. The Morgan fingerprint density at radius 2 is 1.12 bits per heavy atom. The summed E-state index contributed by atoms with van der Waals surface area (Å²) in [5.41, 5.74) is -1.30. The van der Waals surface area contributed by atoms with Crippen molar-refractivity contribution in [3.05, 3.63) is 0 Å². The second-order valence-electron chi connectivity index (χ2n) is 9.22. The maximum Gasteiger partial charge on any atom is 0.332 e. The van der Waals surface area contributed by atoms with Gasteiger partial charge in [0, 0.05) is 13.0 Å². The number of likely N-dealkylation sites (N-methyl/N-ethyl adjacent to an activating group) is 1. The monoisotopic (exact) mass is 483 g/mol. The van der Waals surface area contributed by atoms with Crippen LogP contribution in [0.2, 0.25) is 0 Å². The lowest BCUT2D eigenvalue weighted by atomic mass is 9.88. The normalized spacial score (nSPS) is 12.7. The second kappa shape index (κ2) is 20.8. The maximum atomic E-state index is 13.1. The fourth-order valence-electron chi connectivity index (χ4n) is 4.60. The maximum absolute atomic E-state index is 13.1. The van der Waals surface area contributed by atoms with E-state index in [1.54, 1.807) is 18.7 Å². The first kappa shape index (κ1) is 32.4. The zero-order valence-electron chi connectivity index (χ0n) is 22.9. The van der Waals surface area contributed by atoms with Gasteiger partial charge in [-0.3, -0.25) is 9.59 Å². The van der Waals surface area contributed by atoms with Gasteiger partial charge in [-0.25, -0.2) is 4.79 Å². The predicted octanol–water partition coefficient (Wildman–Crippen LogP) is 6.98. The summed E-state index contributed by atoms with van der Waals surface area (Å²) in [6, 6.07) is 0. The van der Waals surface area contributed by atoms with Crippen LogP contribution < -0.4 is 0 Å².